The predicted octanol–water partition coefficient (Wildman–Crippen LogP) is 1.31. The van der Waals surface area contributed by atoms with Crippen LogP contribution in [0.3, 0.4) is 0 Å². The van der Waals surface area contributed by atoms with Gasteiger partial charge in [0.25, 0.3) is 0 Å². The number of hydrogen-bond acceptors (Lipinski definition) is 6. The molecular weight excluding hydrogens is 240 g/mol. The van der Waals surface area contributed by atoms with Crippen molar-refractivity contribution in [1.82, 2.24) is 15.0 Å². The zero-order valence-electron chi connectivity index (χ0n) is 9.27. The first-order chi connectivity index (χ1) is 8.29. The number of aromatic nitrogens is 3. The number of thiazole rings is 1. The highest BCUT2D eigenvalue weighted by molar-refractivity contribution is 7.13. The quantitative estimate of drug-likeness (QED) is 0.784. The molecule has 2 heterocycles. The number of esters is 1. The number of rotatable bonds is 5. The van der Waals surface area contributed by atoms with Crippen LogP contribution in [0, 0.1) is 0 Å². The van der Waals surface area contributed by atoms with Crippen LogP contribution in [-0.4, -0.2) is 34.6 Å². The van der Waals surface area contributed by atoms with E-state index < -0.39 is 5.97 Å². The van der Waals surface area contributed by atoms with Crippen LogP contribution in [0.15, 0.2) is 17.8 Å². The number of anilines is 1. The van der Waals surface area contributed by atoms with Crippen LogP contribution in [0.1, 0.15) is 16.3 Å². The summed E-state index contributed by atoms with van der Waals surface area (Å²) in [5, 5.41) is 5.50. The lowest BCUT2D eigenvalue weighted by Gasteiger charge is -1.99. The summed E-state index contributed by atoms with van der Waals surface area (Å²) in [6.07, 6.45) is 4.28. The molecule has 0 fully saturated rings. The van der Waals surface area contributed by atoms with Gasteiger partial charge in [-0.2, -0.15) is 0 Å². The van der Waals surface area contributed by atoms with Gasteiger partial charge in [-0.05, 0) is 0 Å². The number of aromatic amines is 1. The van der Waals surface area contributed by atoms with Crippen molar-refractivity contribution in [2.75, 3.05) is 19.0 Å². The number of nitrogens with zero attached hydrogens (tertiary/aromatic N) is 2. The van der Waals surface area contributed by atoms with E-state index in [1.165, 1.54) is 18.4 Å². The second-order valence-electron chi connectivity index (χ2n) is 3.24. The molecule has 0 aromatic carbocycles. The van der Waals surface area contributed by atoms with Gasteiger partial charge in [-0.15, -0.1) is 11.3 Å². The molecule has 0 spiro atoms. The molecule has 17 heavy (non-hydrogen) atoms. The molecule has 2 N–H and O–H groups in total. The number of H-pyrrole nitrogens is 1. The Kier molecular flexibility index (Phi) is 3.71. The zero-order chi connectivity index (χ0) is 12.1. The molecule has 90 valence electrons. The van der Waals surface area contributed by atoms with Crippen molar-refractivity contribution in [1.29, 1.82) is 0 Å². The van der Waals surface area contributed by atoms with Gasteiger partial charge in [0.05, 0.1) is 7.11 Å². The maximum absolute atomic E-state index is 11.2. The van der Waals surface area contributed by atoms with Crippen LogP contribution >= 0.6 is 11.3 Å². The third kappa shape index (κ3) is 3.04. The molecule has 0 radical (unpaired) electrons. The van der Waals surface area contributed by atoms with E-state index in [9.17, 15) is 4.79 Å². The third-order valence-corrected chi connectivity index (χ3v) is 2.89. The highest BCUT2D eigenvalue weighted by atomic mass is 32.1. The topological polar surface area (TPSA) is 79.9 Å². The van der Waals surface area contributed by atoms with Crippen LogP contribution < -0.4 is 5.32 Å². The van der Waals surface area contributed by atoms with Crippen molar-refractivity contribution in [3.63, 3.8) is 0 Å². The third-order valence-electron chi connectivity index (χ3n) is 2.09. The second-order valence-corrected chi connectivity index (χ2v) is 4.10. The Morgan fingerprint density at radius 1 is 1.65 bits per heavy atom. The van der Waals surface area contributed by atoms with Crippen molar-refractivity contribution in [2.24, 2.45) is 0 Å². The maximum Gasteiger partial charge on any atom is 0.357 e. The maximum atomic E-state index is 11.2. The first-order valence-corrected chi connectivity index (χ1v) is 5.93. The summed E-state index contributed by atoms with van der Waals surface area (Å²) in [5.74, 6) is 0.502. The van der Waals surface area contributed by atoms with E-state index in [-0.39, 0.29) is 0 Å². The Hall–Kier alpha value is -1.89. The number of ether oxygens (including phenoxy) is 1. The number of nitrogens with one attached hydrogen (secondary N) is 2. The summed E-state index contributed by atoms with van der Waals surface area (Å²) in [7, 11) is 1.34. The van der Waals surface area contributed by atoms with Crippen molar-refractivity contribution in [2.45, 2.75) is 6.42 Å². The number of carbonyl (C=O) groups is 1. The van der Waals surface area contributed by atoms with Gasteiger partial charge in [0.15, 0.2) is 10.8 Å². The molecule has 0 atom stereocenters. The first-order valence-electron chi connectivity index (χ1n) is 5.05. The van der Waals surface area contributed by atoms with Crippen LogP contribution in [0.2, 0.25) is 0 Å². The van der Waals surface area contributed by atoms with Crippen molar-refractivity contribution in [3.05, 3.63) is 29.3 Å². The smallest absolute Gasteiger partial charge is 0.357 e. The fraction of sp³-hybridized carbons (Fsp3) is 0.300. The fourth-order valence-corrected chi connectivity index (χ4v) is 1.98. The molecule has 0 aliphatic carbocycles. The Morgan fingerprint density at radius 3 is 3.24 bits per heavy atom. The van der Waals surface area contributed by atoms with Gasteiger partial charge < -0.3 is 15.0 Å². The molecule has 0 saturated carbocycles. The Bertz CT molecular complexity index is 480. The highest BCUT2D eigenvalue weighted by Crippen LogP contribution is 2.15. The Balaban J connectivity index is 1.83. The summed E-state index contributed by atoms with van der Waals surface area (Å²) >= 11 is 1.38. The van der Waals surface area contributed by atoms with E-state index >= 15 is 0 Å². The summed E-state index contributed by atoms with van der Waals surface area (Å²) in [5.41, 5.74) is 0.331. The van der Waals surface area contributed by atoms with Gasteiger partial charge in [-0.3, -0.25) is 0 Å². The summed E-state index contributed by atoms with van der Waals surface area (Å²) in [6, 6.07) is 0. The predicted molar refractivity (Wildman–Crippen MR) is 64.2 cm³/mol. The van der Waals surface area contributed by atoms with Gasteiger partial charge in [-0.25, -0.2) is 14.8 Å². The first kappa shape index (κ1) is 11.6. The van der Waals surface area contributed by atoms with Crippen molar-refractivity contribution >= 4 is 22.4 Å². The average Bonchev–Trinajstić information content (AvgIpc) is 2.99. The highest BCUT2D eigenvalue weighted by Gasteiger charge is 2.10. The molecule has 0 aliphatic rings. The fourth-order valence-electron chi connectivity index (χ4n) is 1.28. The van der Waals surface area contributed by atoms with Crippen LogP contribution in [0.5, 0.6) is 0 Å². The van der Waals surface area contributed by atoms with E-state index in [2.05, 4.69) is 25.0 Å². The van der Waals surface area contributed by atoms with E-state index in [1.807, 2.05) is 0 Å². The van der Waals surface area contributed by atoms with Gasteiger partial charge in [0.2, 0.25) is 0 Å². The molecule has 2 aromatic heterocycles. The number of imidazole rings is 1. The molecule has 0 unspecified atom stereocenters. The van der Waals surface area contributed by atoms with Crippen molar-refractivity contribution < 1.29 is 9.53 Å². The molecule has 0 amide bonds. The number of methoxy groups -OCH3 is 1. The lowest BCUT2D eigenvalue weighted by molar-refractivity contribution is 0.0595. The second kappa shape index (κ2) is 5.44. The number of hydrogen-bond donors (Lipinski definition) is 2. The van der Waals surface area contributed by atoms with E-state index in [0.29, 0.717) is 17.4 Å². The molecule has 2 aromatic rings. The molecule has 2 rings (SSSR count). The average molecular weight is 252 g/mol. The normalized spacial score (nSPS) is 10.2. The lowest BCUT2D eigenvalue weighted by Crippen LogP contribution is -2.06. The molecule has 6 nitrogen and oxygen atoms in total. The molecule has 7 heteroatoms. The van der Waals surface area contributed by atoms with E-state index in [1.54, 1.807) is 17.8 Å². The molecular formula is C10H12N4O2S. The number of carbonyl (C=O) groups excluding carboxylic acids is 1. The van der Waals surface area contributed by atoms with Gasteiger partial charge in [-0.1, -0.05) is 0 Å². The summed E-state index contributed by atoms with van der Waals surface area (Å²) in [4.78, 5) is 22.4. The minimum absolute atomic E-state index is 0.331. The zero-order valence-corrected chi connectivity index (χ0v) is 10.1. The van der Waals surface area contributed by atoms with Crippen molar-refractivity contribution in [3.8, 4) is 0 Å². The lowest BCUT2D eigenvalue weighted by atomic mass is 10.4. The largest absolute Gasteiger partial charge is 0.464 e. The summed E-state index contributed by atoms with van der Waals surface area (Å²) < 4.78 is 4.58. The SMILES string of the molecule is COC(=O)c1csc(NCCc2ncc[nH]2)n1. The van der Waals surface area contributed by atoms with E-state index in [4.69, 9.17) is 0 Å². The molecule has 0 saturated heterocycles. The monoisotopic (exact) mass is 252 g/mol. The van der Waals surface area contributed by atoms with E-state index in [0.717, 1.165) is 12.2 Å². The van der Waals surface area contributed by atoms with Crippen LogP contribution in [-0.2, 0) is 11.2 Å². The summed E-state index contributed by atoms with van der Waals surface area (Å²) in [6.45, 7) is 0.710. The van der Waals surface area contributed by atoms with Gasteiger partial charge in [0, 0.05) is 30.7 Å². The minimum atomic E-state index is -0.416. The standard InChI is InChI=1S/C10H12N4O2S/c1-16-9(15)7-6-17-10(14-7)13-3-2-8-11-4-5-12-8/h4-6H,2-3H2,1H3,(H,11,12)(H,13,14). The minimum Gasteiger partial charge on any atom is -0.464 e. The Labute approximate surface area is 102 Å². The van der Waals surface area contributed by atoms with Crippen LogP contribution in [0.4, 0.5) is 5.13 Å². The van der Waals surface area contributed by atoms with Gasteiger partial charge >= 0.3 is 5.97 Å². The molecule has 0 aliphatic heterocycles. The van der Waals surface area contributed by atoms with Gasteiger partial charge in [0.1, 0.15) is 5.82 Å². The molecule has 0 bridgehead atoms. The Morgan fingerprint density at radius 2 is 2.53 bits per heavy atom. The van der Waals surface area contributed by atoms with Crippen LogP contribution in [0.25, 0.3) is 0 Å².